The molecule has 0 aromatic heterocycles. The summed E-state index contributed by atoms with van der Waals surface area (Å²) in [6.45, 7) is 1.85. The van der Waals surface area contributed by atoms with E-state index < -0.39 is 5.92 Å². The fourth-order valence-electron chi connectivity index (χ4n) is 2.19. The molecule has 0 atom stereocenters. The van der Waals surface area contributed by atoms with Crippen LogP contribution in [0, 0.1) is 6.92 Å². The van der Waals surface area contributed by atoms with Crippen LogP contribution in [-0.2, 0) is 9.59 Å². The van der Waals surface area contributed by atoms with Crippen molar-refractivity contribution >= 4 is 11.6 Å². The first kappa shape index (κ1) is 10.9. The van der Waals surface area contributed by atoms with Crippen LogP contribution in [0.1, 0.15) is 36.3 Å². The third-order valence-electron chi connectivity index (χ3n) is 3.06. The Bertz CT molecular complexity index is 432. The number of carbonyl (C=O) groups is 2. The Kier molecular flexibility index (Phi) is 2.77. The molecule has 3 heteroatoms. The average molecular weight is 218 g/mol. The second-order valence-electron chi connectivity index (χ2n) is 4.26. The van der Waals surface area contributed by atoms with E-state index >= 15 is 0 Å². The zero-order valence-electron chi connectivity index (χ0n) is 9.19. The number of phenolic OH excluding ortho intramolecular Hbond substituents is 1. The normalized spacial score (nSPS) is 17.8. The summed E-state index contributed by atoms with van der Waals surface area (Å²) in [5.41, 5.74) is 1.54. The van der Waals surface area contributed by atoms with E-state index in [1.807, 2.05) is 6.92 Å². The highest BCUT2D eigenvalue weighted by Crippen LogP contribution is 2.31. The maximum atomic E-state index is 11.8. The summed E-state index contributed by atoms with van der Waals surface area (Å²) in [6, 6.07) is 4.83. The predicted molar refractivity (Wildman–Crippen MR) is 59.4 cm³/mol. The molecule has 1 aliphatic carbocycles. The molecule has 0 spiro atoms. The van der Waals surface area contributed by atoms with Crippen LogP contribution in [0.25, 0.3) is 0 Å². The third-order valence-corrected chi connectivity index (χ3v) is 3.06. The largest absolute Gasteiger partial charge is 0.508 e. The molecule has 0 amide bonds. The summed E-state index contributed by atoms with van der Waals surface area (Å²) < 4.78 is 0. The van der Waals surface area contributed by atoms with E-state index in [4.69, 9.17) is 0 Å². The van der Waals surface area contributed by atoms with Crippen molar-refractivity contribution in [3.8, 4) is 5.75 Å². The van der Waals surface area contributed by atoms with Crippen molar-refractivity contribution in [2.75, 3.05) is 0 Å². The maximum Gasteiger partial charge on any atom is 0.147 e. The number of carbonyl (C=O) groups excluding carboxylic acids is 2. The molecular weight excluding hydrogens is 204 g/mol. The van der Waals surface area contributed by atoms with E-state index in [-0.39, 0.29) is 17.3 Å². The van der Waals surface area contributed by atoms with E-state index in [1.165, 1.54) is 6.07 Å². The summed E-state index contributed by atoms with van der Waals surface area (Å²) in [7, 11) is 0. The van der Waals surface area contributed by atoms with Crippen LogP contribution in [-0.4, -0.2) is 16.7 Å². The molecule has 0 heterocycles. The quantitative estimate of drug-likeness (QED) is 0.734. The molecule has 0 unspecified atom stereocenters. The Labute approximate surface area is 94.1 Å². The van der Waals surface area contributed by atoms with E-state index in [0.29, 0.717) is 24.8 Å². The van der Waals surface area contributed by atoms with Crippen LogP contribution in [0.4, 0.5) is 0 Å². The number of benzene rings is 1. The highest BCUT2D eigenvalue weighted by Gasteiger charge is 2.32. The Morgan fingerprint density at radius 1 is 1.19 bits per heavy atom. The molecule has 2 rings (SSSR count). The zero-order valence-corrected chi connectivity index (χ0v) is 9.19. The van der Waals surface area contributed by atoms with Crippen molar-refractivity contribution in [1.29, 1.82) is 0 Å². The maximum absolute atomic E-state index is 11.8. The fourth-order valence-corrected chi connectivity index (χ4v) is 2.19. The molecule has 1 N–H and O–H groups in total. The molecule has 0 bridgehead atoms. The van der Waals surface area contributed by atoms with E-state index in [9.17, 15) is 14.7 Å². The number of ketones is 2. The van der Waals surface area contributed by atoms with Gasteiger partial charge < -0.3 is 5.11 Å². The molecule has 1 aromatic rings. The van der Waals surface area contributed by atoms with Gasteiger partial charge in [0.15, 0.2) is 0 Å². The van der Waals surface area contributed by atoms with Gasteiger partial charge in [0.1, 0.15) is 23.2 Å². The van der Waals surface area contributed by atoms with Gasteiger partial charge in [-0.05, 0) is 36.6 Å². The third kappa shape index (κ3) is 1.85. The molecule has 0 aliphatic heterocycles. The number of aromatic hydroxyl groups is 1. The summed E-state index contributed by atoms with van der Waals surface area (Å²) in [5.74, 6) is -0.595. The van der Waals surface area contributed by atoms with Gasteiger partial charge in [-0.15, -0.1) is 0 Å². The van der Waals surface area contributed by atoms with Crippen LogP contribution in [0.15, 0.2) is 18.2 Å². The van der Waals surface area contributed by atoms with E-state index in [0.717, 1.165) is 5.56 Å². The average Bonchev–Trinajstić information content (AvgIpc) is 2.23. The number of Topliss-reactive ketones (excluding diaryl/α,β-unsaturated/α-hetero) is 2. The molecular formula is C13H14O3. The first-order chi connectivity index (χ1) is 7.59. The van der Waals surface area contributed by atoms with Gasteiger partial charge in [-0.2, -0.15) is 0 Å². The van der Waals surface area contributed by atoms with Gasteiger partial charge in [-0.3, -0.25) is 9.59 Å². The minimum Gasteiger partial charge on any atom is -0.508 e. The standard InChI is InChI=1S/C13H14O3/c1-8-5-6-9(14)7-10(8)13-11(15)3-2-4-12(13)16/h5-7,13-14H,2-4H2,1H3. The molecule has 1 aliphatic rings. The van der Waals surface area contributed by atoms with Crippen molar-refractivity contribution < 1.29 is 14.7 Å². The van der Waals surface area contributed by atoms with Crippen molar-refractivity contribution in [3.63, 3.8) is 0 Å². The Morgan fingerprint density at radius 2 is 1.81 bits per heavy atom. The predicted octanol–water partition coefficient (Wildman–Crippen LogP) is 2.11. The lowest BCUT2D eigenvalue weighted by Gasteiger charge is -2.21. The summed E-state index contributed by atoms with van der Waals surface area (Å²) >= 11 is 0. The zero-order chi connectivity index (χ0) is 11.7. The van der Waals surface area contributed by atoms with Crippen LogP contribution in [0.5, 0.6) is 5.75 Å². The SMILES string of the molecule is Cc1ccc(O)cc1C1C(=O)CCCC1=O. The molecule has 16 heavy (non-hydrogen) atoms. The van der Waals surface area contributed by atoms with Crippen molar-refractivity contribution in [1.82, 2.24) is 0 Å². The van der Waals surface area contributed by atoms with Gasteiger partial charge >= 0.3 is 0 Å². The lowest BCUT2D eigenvalue weighted by molar-refractivity contribution is -0.131. The van der Waals surface area contributed by atoms with Gasteiger partial charge in [0.25, 0.3) is 0 Å². The smallest absolute Gasteiger partial charge is 0.147 e. The van der Waals surface area contributed by atoms with Gasteiger partial charge in [0, 0.05) is 12.8 Å². The topological polar surface area (TPSA) is 54.4 Å². The van der Waals surface area contributed by atoms with Gasteiger partial charge in [-0.25, -0.2) is 0 Å². The lowest BCUT2D eigenvalue weighted by atomic mass is 9.80. The monoisotopic (exact) mass is 218 g/mol. The van der Waals surface area contributed by atoms with E-state index in [2.05, 4.69) is 0 Å². The molecule has 1 saturated carbocycles. The number of hydrogen-bond donors (Lipinski definition) is 1. The molecule has 1 aromatic carbocycles. The van der Waals surface area contributed by atoms with Crippen molar-refractivity contribution in [3.05, 3.63) is 29.3 Å². The van der Waals surface area contributed by atoms with Crippen LogP contribution >= 0.6 is 0 Å². The van der Waals surface area contributed by atoms with Gasteiger partial charge in [-0.1, -0.05) is 6.07 Å². The highest BCUT2D eigenvalue weighted by atomic mass is 16.3. The fraction of sp³-hybridized carbons (Fsp3) is 0.385. The molecule has 0 saturated heterocycles. The minimum atomic E-state index is -0.652. The number of rotatable bonds is 1. The van der Waals surface area contributed by atoms with Crippen molar-refractivity contribution in [2.45, 2.75) is 32.1 Å². The number of phenols is 1. The summed E-state index contributed by atoms with van der Waals surface area (Å²) in [6.07, 6.45) is 1.59. The highest BCUT2D eigenvalue weighted by molar-refractivity contribution is 6.09. The Morgan fingerprint density at radius 3 is 2.44 bits per heavy atom. The van der Waals surface area contributed by atoms with Crippen LogP contribution in [0.2, 0.25) is 0 Å². The molecule has 84 valence electrons. The molecule has 3 nitrogen and oxygen atoms in total. The summed E-state index contributed by atoms with van der Waals surface area (Å²) in [4.78, 5) is 23.5. The minimum absolute atomic E-state index is 0.0232. The number of hydrogen-bond acceptors (Lipinski definition) is 3. The second-order valence-corrected chi connectivity index (χ2v) is 4.26. The second kappa shape index (κ2) is 4.08. The Hall–Kier alpha value is -1.64. The van der Waals surface area contributed by atoms with E-state index in [1.54, 1.807) is 12.1 Å². The first-order valence-electron chi connectivity index (χ1n) is 5.44. The molecule has 0 radical (unpaired) electrons. The Balaban J connectivity index is 2.45. The number of aryl methyl sites for hydroxylation is 1. The molecule has 1 fully saturated rings. The van der Waals surface area contributed by atoms with Crippen LogP contribution < -0.4 is 0 Å². The van der Waals surface area contributed by atoms with Crippen LogP contribution in [0.3, 0.4) is 0 Å². The summed E-state index contributed by atoms with van der Waals surface area (Å²) in [5, 5.41) is 9.42. The lowest BCUT2D eigenvalue weighted by Crippen LogP contribution is -2.27. The van der Waals surface area contributed by atoms with Gasteiger partial charge in [0.2, 0.25) is 0 Å². The van der Waals surface area contributed by atoms with Gasteiger partial charge in [0.05, 0.1) is 0 Å². The first-order valence-corrected chi connectivity index (χ1v) is 5.44. The van der Waals surface area contributed by atoms with Crippen molar-refractivity contribution in [2.24, 2.45) is 0 Å².